The molecule has 2 amide bonds. The fraction of sp³-hybridized carbons (Fsp3) is 0.217. The third-order valence-corrected chi connectivity index (χ3v) is 6.64. The lowest BCUT2D eigenvalue weighted by atomic mass is 10.1. The van der Waals surface area contributed by atoms with Gasteiger partial charge >= 0.3 is 0 Å². The smallest absolute Gasteiger partial charge is 0.291 e. The van der Waals surface area contributed by atoms with Crippen LogP contribution >= 0.6 is 11.8 Å². The Bertz CT molecular complexity index is 1190. The lowest BCUT2D eigenvalue weighted by Gasteiger charge is -2.21. The Labute approximate surface area is 184 Å². The first-order valence-electron chi connectivity index (χ1n) is 10.1. The third-order valence-electron chi connectivity index (χ3n) is 5.51. The van der Waals surface area contributed by atoms with Crippen LogP contribution in [0.1, 0.15) is 33.1 Å². The Morgan fingerprint density at radius 3 is 2.97 bits per heavy atom. The average molecular weight is 432 g/mol. The van der Waals surface area contributed by atoms with Gasteiger partial charge in [0.15, 0.2) is 0 Å². The first-order chi connectivity index (χ1) is 15.1. The quantitative estimate of drug-likeness (QED) is 0.663. The second-order valence-corrected chi connectivity index (χ2v) is 8.69. The maximum atomic E-state index is 13.1. The van der Waals surface area contributed by atoms with E-state index in [1.807, 2.05) is 36.4 Å². The molecule has 2 aromatic carbocycles. The second kappa shape index (κ2) is 8.03. The van der Waals surface area contributed by atoms with Crippen molar-refractivity contribution in [3.63, 3.8) is 0 Å². The molecule has 0 bridgehead atoms. The minimum absolute atomic E-state index is 0.0391. The molecule has 2 N–H and O–H groups in total. The van der Waals surface area contributed by atoms with Crippen molar-refractivity contribution in [3.05, 3.63) is 76.9 Å². The molecule has 1 aliphatic carbocycles. The monoisotopic (exact) mass is 431 g/mol. The molecule has 0 saturated carbocycles. The standard InChI is InChI=1S/C23H21N5O2S/c1-28-18-11-15-8-5-9-16(15)12-19(18)31-13-17(23(28)30)24-22(29)21-25-20(26-27-21)10-14-6-3-2-4-7-14/h2-8,11-12,17H,9-10,13H2,1H3,(H,24,29)(H,25,26,27)/t17-/m0/s1. The Morgan fingerprint density at radius 2 is 2.13 bits per heavy atom. The summed E-state index contributed by atoms with van der Waals surface area (Å²) in [5.41, 5.74) is 4.36. The van der Waals surface area contributed by atoms with Gasteiger partial charge in [0.05, 0.1) is 5.69 Å². The van der Waals surface area contributed by atoms with E-state index in [1.165, 1.54) is 5.56 Å². The number of allylic oxidation sites excluding steroid dienone is 1. The van der Waals surface area contributed by atoms with E-state index in [0.717, 1.165) is 28.1 Å². The van der Waals surface area contributed by atoms with E-state index in [0.29, 0.717) is 18.0 Å². The molecule has 156 valence electrons. The lowest BCUT2D eigenvalue weighted by molar-refractivity contribution is -0.119. The number of nitrogens with one attached hydrogen (secondary N) is 2. The predicted octanol–water partition coefficient (Wildman–Crippen LogP) is 2.83. The summed E-state index contributed by atoms with van der Waals surface area (Å²) in [6.07, 6.45) is 5.68. The Hall–Kier alpha value is -3.39. The van der Waals surface area contributed by atoms with Crippen molar-refractivity contribution in [2.45, 2.75) is 23.8 Å². The largest absolute Gasteiger partial charge is 0.337 e. The number of hydrogen-bond donors (Lipinski definition) is 2. The van der Waals surface area contributed by atoms with Gasteiger partial charge in [0.25, 0.3) is 5.91 Å². The summed E-state index contributed by atoms with van der Waals surface area (Å²) in [6, 6.07) is 13.4. The van der Waals surface area contributed by atoms with Crippen LogP contribution in [0.25, 0.3) is 6.08 Å². The third kappa shape index (κ3) is 3.86. The highest BCUT2D eigenvalue weighted by Crippen LogP contribution is 2.38. The van der Waals surface area contributed by atoms with E-state index in [1.54, 1.807) is 23.7 Å². The Kier molecular flexibility index (Phi) is 5.07. The maximum Gasteiger partial charge on any atom is 0.291 e. The molecule has 0 radical (unpaired) electrons. The van der Waals surface area contributed by atoms with Gasteiger partial charge in [0.1, 0.15) is 11.9 Å². The molecule has 1 atom stereocenters. The topological polar surface area (TPSA) is 91.0 Å². The average Bonchev–Trinajstić information content (AvgIpc) is 3.42. The van der Waals surface area contributed by atoms with Crippen molar-refractivity contribution in [3.8, 4) is 0 Å². The van der Waals surface area contributed by atoms with E-state index < -0.39 is 11.9 Å². The number of aromatic amines is 1. The fourth-order valence-electron chi connectivity index (χ4n) is 3.84. The molecular weight excluding hydrogens is 410 g/mol. The van der Waals surface area contributed by atoms with E-state index in [-0.39, 0.29) is 11.7 Å². The van der Waals surface area contributed by atoms with E-state index in [9.17, 15) is 9.59 Å². The van der Waals surface area contributed by atoms with Gasteiger partial charge < -0.3 is 10.2 Å². The van der Waals surface area contributed by atoms with E-state index >= 15 is 0 Å². The van der Waals surface area contributed by atoms with Crippen molar-refractivity contribution in [1.29, 1.82) is 0 Å². The summed E-state index contributed by atoms with van der Waals surface area (Å²) in [7, 11) is 1.75. The first kappa shape index (κ1) is 19.6. The maximum absolute atomic E-state index is 13.1. The number of thioether (sulfide) groups is 1. The number of carbonyl (C=O) groups is 2. The van der Waals surface area contributed by atoms with Crippen molar-refractivity contribution >= 4 is 35.3 Å². The molecule has 7 nitrogen and oxygen atoms in total. The van der Waals surface area contributed by atoms with Crippen LogP contribution < -0.4 is 10.2 Å². The van der Waals surface area contributed by atoms with Gasteiger partial charge in [-0.15, -0.1) is 16.9 Å². The number of carbonyl (C=O) groups excluding carboxylic acids is 2. The van der Waals surface area contributed by atoms with Gasteiger partial charge in [-0.1, -0.05) is 42.5 Å². The van der Waals surface area contributed by atoms with E-state index in [4.69, 9.17) is 0 Å². The zero-order valence-electron chi connectivity index (χ0n) is 17.0. The summed E-state index contributed by atoms with van der Waals surface area (Å²) in [4.78, 5) is 32.8. The summed E-state index contributed by atoms with van der Waals surface area (Å²) >= 11 is 1.58. The highest BCUT2D eigenvalue weighted by atomic mass is 32.2. The molecule has 0 fully saturated rings. The zero-order chi connectivity index (χ0) is 21.4. The van der Waals surface area contributed by atoms with Crippen molar-refractivity contribution in [1.82, 2.24) is 20.5 Å². The molecule has 0 unspecified atom stereocenters. The molecule has 1 aliphatic heterocycles. The molecule has 3 aromatic rings. The number of likely N-dealkylation sites (N-methyl/N-ethyl adjacent to an activating group) is 1. The van der Waals surface area contributed by atoms with Crippen LogP contribution in [0.3, 0.4) is 0 Å². The van der Waals surface area contributed by atoms with E-state index in [2.05, 4.69) is 38.7 Å². The minimum atomic E-state index is -0.656. The number of rotatable bonds is 4. The van der Waals surface area contributed by atoms with Crippen LogP contribution in [0.2, 0.25) is 0 Å². The molecule has 31 heavy (non-hydrogen) atoms. The minimum Gasteiger partial charge on any atom is -0.337 e. The van der Waals surface area contributed by atoms with Crippen LogP contribution in [0.4, 0.5) is 5.69 Å². The van der Waals surface area contributed by atoms with Crippen molar-refractivity contribution < 1.29 is 9.59 Å². The van der Waals surface area contributed by atoms with Crippen molar-refractivity contribution in [2.24, 2.45) is 0 Å². The molecular formula is C23H21N5O2S. The number of H-pyrrole nitrogens is 1. The van der Waals surface area contributed by atoms with Gasteiger partial charge in [-0.25, -0.2) is 4.98 Å². The van der Waals surface area contributed by atoms with Crippen molar-refractivity contribution in [2.75, 3.05) is 17.7 Å². The number of anilines is 1. The second-order valence-electron chi connectivity index (χ2n) is 7.63. The van der Waals surface area contributed by atoms with Crippen LogP contribution in [0.15, 0.2) is 53.4 Å². The first-order valence-corrected chi connectivity index (χ1v) is 11.1. The number of hydrogen-bond acceptors (Lipinski definition) is 5. The number of amides is 2. The normalized spacial score (nSPS) is 17.3. The summed E-state index contributed by atoms with van der Waals surface area (Å²) < 4.78 is 0. The van der Waals surface area contributed by atoms with Crippen LogP contribution in [0.5, 0.6) is 0 Å². The summed E-state index contributed by atoms with van der Waals surface area (Å²) in [6.45, 7) is 0. The lowest BCUT2D eigenvalue weighted by Crippen LogP contribution is -2.48. The zero-order valence-corrected chi connectivity index (χ0v) is 17.8. The van der Waals surface area contributed by atoms with Crippen LogP contribution in [0, 0.1) is 0 Å². The number of fused-ring (bicyclic) bond motifs is 2. The molecule has 0 saturated heterocycles. The molecule has 2 heterocycles. The van der Waals surface area contributed by atoms with Gasteiger partial charge in [-0.05, 0) is 35.2 Å². The highest BCUT2D eigenvalue weighted by molar-refractivity contribution is 7.99. The number of nitrogens with zero attached hydrogens (tertiary/aromatic N) is 3. The number of benzene rings is 2. The fourth-order valence-corrected chi connectivity index (χ4v) is 4.98. The Morgan fingerprint density at radius 1 is 1.29 bits per heavy atom. The van der Waals surface area contributed by atoms with Gasteiger partial charge in [0, 0.05) is 24.1 Å². The highest BCUT2D eigenvalue weighted by Gasteiger charge is 2.31. The van der Waals surface area contributed by atoms with Gasteiger partial charge in [0.2, 0.25) is 11.7 Å². The van der Waals surface area contributed by atoms with Gasteiger partial charge in [-0.2, -0.15) is 0 Å². The molecule has 5 rings (SSSR count). The molecule has 2 aliphatic rings. The summed E-state index contributed by atoms with van der Waals surface area (Å²) in [5.74, 6) is 0.484. The molecule has 0 spiro atoms. The van der Waals surface area contributed by atoms with Crippen LogP contribution in [-0.2, 0) is 17.6 Å². The SMILES string of the molecule is CN1C(=O)[C@@H](NC(=O)c2n[nH]c(Cc3ccccc3)n2)CSc2cc3c(cc21)C=CC3. The molecule has 8 heteroatoms. The Balaban J connectivity index is 1.30. The van der Waals surface area contributed by atoms with Gasteiger partial charge in [-0.3, -0.25) is 14.7 Å². The summed E-state index contributed by atoms with van der Waals surface area (Å²) in [5, 5.41) is 9.67. The van der Waals surface area contributed by atoms with Crippen LogP contribution in [-0.4, -0.2) is 45.8 Å². The molecule has 1 aromatic heterocycles. The number of aromatic nitrogens is 3. The predicted molar refractivity (Wildman–Crippen MR) is 120 cm³/mol.